The minimum Gasteiger partial charge on any atom is -0.506 e. The maximum atomic E-state index is 13.2. The van der Waals surface area contributed by atoms with Crippen molar-refractivity contribution in [1.82, 2.24) is 20.1 Å². The Morgan fingerprint density at radius 1 is 0.918 bits per heavy atom. The van der Waals surface area contributed by atoms with Crippen molar-refractivity contribution in [2.45, 2.75) is 33.1 Å². The van der Waals surface area contributed by atoms with Gasteiger partial charge in [0.15, 0.2) is 0 Å². The third kappa shape index (κ3) is 11.3. The molecule has 0 aliphatic carbocycles. The van der Waals surface area contributed by atoms with E-state index in [-0.39, 0.29) is 22.1 Å². The van der Waals surface area contributed by atoms with Crippen LogP contribution < -0.4 is 10.2 Å². The second kappa shape index (κ2) is 19.5. The van der Waals surface area contributed by atoms with Crippen molar-refractivity contribution in [1.29, 1.82) is 0 Å². The Hall–Kier alpha value is -4.49. The molecule has 0 radical (unpaired) electrons. The molecule has 0 atom stereocenters. The van der Waals surface area contributed by atoms with Gasteiger partial charge in [0.05, 0.1) is 36.2 Å². The molecule has 0 unspecified atom stereocenters. The van der Waals surface area contributed by atoms with Crippen LogP contribution in [0.25, 0.3) is 21.0 Å². The van der Waals surface area contributed by atoms with Crippen molar-refractivity contribution in [2.24, 2.45) is 0 Å². The Labute approximate surface area is 290 Å². The molecule has 49 heavy (non-hydrogen) atoms. The third-order valence-electron chi connectivity index (χ3n) is 8.33. The number of furan rings is 1. The Bertz CT molecular complexity index is 1810. The van der Waals surface area contributed by atoms with Crippen molar-refractivity contribution >= 4 is 44.2 Å². The molecular formula is C37H46N4O7S. The lowest BCUT2D eigenvalue weighted by molar-refractivity contribution is -0.132. The molecule has 5 aromatic rings. The summed E-state index contributed by atoms with van der Waals surface area (Å²) in [4.78, 5) is 41.7. The fourth-order valence-corrected chi connectivity index (χ4v) is 6.39. The number of carbonyl (C=O) groups excluding carboxylic acids is 1. The number of aromatic carboxylic acids is 1. The van der Waals surface area contributed by atoms with Gasteiger partial charge in [0.1, 0.15) is 17.5 Å². The number of benzene rings is 3. The SMILES string of the molecule is CCN(CC)CCN(CCNCCc1ccc(O)c2[nH]c(=O)sc12)C(=O)CCOCCc1cccc2ccccc12.O=C(O)c1ccoc1. The number of nitrogens with zero attached hydrogens (tertiary/aromatic N) is 2. The van der Waals surface area contributed by atoms with Crippen LogP contribution in [0.2, 0.25) is 0 Å². The number of fused-ring (bicyclic) bond motifs is 2. The molecule has 0 fully saturated rings. The van der Waals surface area contributed by atoms with E-state index in [0.29, 0.717) is 51.3 Å². The Balaban J connectivity index is 0.000000592. The van der Waals surface area contributed by atoms with Crippen LogP contribution in [0.4, 0.5) is 0 Å². The molecule has 3 aromatic carbocycles. The largest absolute Gasteiger partial charge is 0.506 e. The molecule has 0 saturated carbocycles. The summed E-state index contributed by atoms with van der Waals surface area (Å²) in [6, 6.07) is 19.6. The molecule has 262 valence electrons. The maximum Gasteiger partial charge on any atom is 0.338 e. The summed E-state index contributed by atoms with van der Waals surface area (Å²) in [5, 5.41) is 24.2. The number of aromatic amines is 1. The minimum absolute atomic E-state index is 0.0926. The number of ether oxygens (including phenoxy) is 1. The van der Waals surface area contributed by atoms with Crippen LogP contribution in [0.1, 0.15) is 41.8 Å². The number of likely N-dealkylation sites (N-methyl/N-ethyl adjacent to an activating group) is 1. The van der Waals surface area contributed by atoms with Gasteiger partial charge < -0.3 is 39.5 Å². The standard InChI is InChI=1S/C32H42N4O4S.C5H4O3/c1-3-35(4-2)20-21-36(19-18-33-17-14-26-12-13-28(37)30-31(26)41-32(39)34-30)29(38)16-23-40-22-15-25-10-7-9-24-8-5-6-11-27(24)25;6-5(7)4-1-2-8-3-4/h5-13,33,37H,3-4,14-23H2,1-2H3,(H,34,39);1-3H,(H,6,7). The fourth-order valence-electron chi connectivity index (χ4n) is 5.49. The summed E-state index contributed by atoms with van der Waals surface area (Å²) < 4.78 is 11.2. The number of nitrogens with one attached hydrogen (secondary N) is 2. The molecule has 11 nitrogen and oxygen atoms in total. The molecule has 5 rings (SSSR count). The van der Waals surface area contributed by atoms with Crippen molar-refractivity contribution in [2.75, 3.05) is 59.0 Å². The summed E-state index contributed by atoms with van der Waals surface area (Å²) in [5.74, 6) is -0.754. The number of carbonyl (C=O) groups is 2. The highest BCUT2D eigenvalue weighted by Crippen LogP contribution is 2.27. The van der Waals surface area contributed by atoms with Gasteiger partial charge in [-0.25, -0.2) is 4.79 Å². The molecule has 2 heterocycles. The van der Waals surface area contributed by atoms with Gasteiger partial charge in [-0.3, -0.25) is 9.59 Å². The topological polar surface area (TPSA) is 148 Å². The Morgan fingerprint density at radius 3 is 2.45 bits per heavy atom. The van der Waals surface area contributed by atoms with E-state index in [9.17, 15) is 19.5 Å². The lowest BCUT2D eigenvalue weighted by Crippen LogP contribution is -2.42. The lowest BCUT2D eigenvalue weighted by atomic mass is 10.0. The first kappa shape index (κ1) is 37.3. The molecule has 12 heteroatoms. The first-order chi connectivity index (χ1) is 23.8. The minimum atomic E-state index is -0.959. The number of hydrogen-bond acceptors (Lipinski definition) is 9. The average molecular weight is 691 g/mol. The number of phenols is 1. The molecule has 0 spiro atoms. The van der Waals surface area contributed by atoms with Crippen LogP contribution in [0.3, 0.4) is 0 Å². The van der Waals surface area contributed by atoms with E-state index in [1.54, 1.807) is 6.07 Å². The first-order valence-electron chi connectivity index (χ1n) is 16.6. The zero-order chi connectivity index (χ0) is 35.0. The van der Waals surface area contributed by atoms with Crippen LogP contribution in [0.5, 0.6) is 5.75 Å². The Morgan fingerprint density at radius 2 is 1.71 bits per heavy atom. The third-order valence-corrected chi connectivity index (χ3v) is 9.28. The van der Waals surface area contributed by atoms with Crippen LogP contribution in [0, 0.1) is 0 Å². The van der Waals surface area contributed by atoms with Gasteiger partial charge >= 0.3 is 10.8 Å². The summed E-state index contributed by atoms with van der Waals surface area (Å²) in [6.45, 7) is 10.7. The van der Waals surface area contributed by atoms with Crippen LogP contribution in [-0.2, 0) is 22.4 Å². The number of amides is 1. The highest BCUT2D eigenvalue weighted by atomic mass is 32.1. The number of aromatic nitrogens is 1. The number of thiazole rings is 1. The van der Waals surface area contributed by atoms with Gasteiger partial charge in [-0.05, 0) is 66.5 Å². The second-order valence-electron chi connectivity index (χ2n) is 11.4. The quantitative estimate of drug-likeness (QED) is 0.0890. The van der Waals surface area contributed by atoms with E-state index in [0.717, 1.165) is 54.1 Å². The molecule has 1 amide bonds. The summed E-state index contributed by atoms with van der Waals surface area (Å²) in [6.07, 6.45) is 4.41. The monoisotopic (exact) mass is 690 g/mol. The van der Waals surface area contributed by atoms with Crippen molar-refractivity contribution < 1.29 is 29.0 Å². The highest BCUT2D eigenvalue weighted by Gasteiger charge is 2.15. The average Bonchev–Trinajstić information content (AvgIpc) is 3.80. The predicted octanol–water partition coefficient (Wildman–Crippen LogP) is 5.38. The summed E-state index contributed by atoms with van der Waals surface area (Å²) in [7, 11) is 0. The molecule has 0 bridgehead atoms. The van der Waals surface area contributed by atoms with E-state index >= 15 is 0 Å². The van der Waals surface area contributed by atoms with Gasteiger partial charge in [0, 0.05) is 26.2 Å². The molecule has 0 saturated heterocycles. The van der Waals surface area contributed by atoms with Crippen molar-refractivity contribution in [3.05, 3.63) is 99.5 Å². The van der Waals surface area contributed by atoms with Crippen LogP contribution in [-0.4, -0.2) is 95.9 Å². The van der Waals surface area contributed by atoms with E-state index < -0.39 is 5.97 Å². The summed E-state index contributed by atoms with van der Waals surface area (Å²) in [5.41, 5.74) is 2.97. The normalized spacial score (nSPS) is 11.2. The number of rotatable bonds is 18. The maximum absolute atomic E-state index is 13.2. The predicted molar refractivity (Wildman–Crippen MR) is 194 cm³/mol. The van der Waals surface area contributed by atoms with E-state index in [1.165, 1.54) is 34.9 Å². The first-order valence-corrected chi connectivity index (χ1v) is 17.5. The molecule has 4 N–H and O–H groups in total. The molecule has 0 aliphatic heterocycles. The van der Waals surface area contributed by atoms with Gasteiger partial charge in [-0.15, -0.1) is 0 Å². The van der Waals surface area contributed by atoms with E-state index in [1.807, 2.05) is 11.0 Å². The van der Waals surface area contributed by atoms with Gasteiger partial charge in [-0.2, -0.15) is 0 Å². The number of H-pyrrole nitrogens is 1. The number of aromatic hydroxyl groups is 1. The van der Waals surface area contributed by atoms with Gasteiger partial charge in [-0.1, -0.05) is 73.7 Å². The van der Waals surface area contributed by atoms with Crippen LogP contribution >= 0.6 is 11.3 Å². The van der Waals surface area contributed by atoms with E-state index in [2.05, 4.69) is 75.9 Å². The van der Waals surface area contributed by atoms with Gasteiger partial charge in [0.2, 0.25) is 5.91 Å². The fraction of sp³-hybridized carbons (Fsp3) is 0.378. The Kier molecular flexibility index (Phi) is 14.9. The van der Waals surface area contributed by atoms with Crippen molar-refractivity contribution in [3.8, 4) is 5.75 Å². The van der Waals surface area contributed by atoms with Crippen molar-refractivity contribution in [3.63, 3.8) is 0 Å². The zero-order valence-corrected chi connectivity index (χ0v) is 29.0. The smallest absolute Gasteiger partial charge is 0.338 e. The number of carboxylic acid groups (broad SMARTS) is 1. The summed E-state index contributed by atoms with van der Waals surface area (Å²) >= 11 is 1.12. The number of phenolic OH excluding ortho intramolecular Hbond substituents is 1. The number of hydrogen-bond donors (Lipinski definition) is 4. The highest BCUT2D eigenvalue weighted by molar-refractivity contribution is 7.16. The van der Waals surface area contributed by atoms with E-state index in [4.69, 9.17) is 9.84 Å². The zero-order valence-electron chi connectivity index (χ0n) is 28.2. The molecule has 0 aliphatic rings. The number of carboxylic acids is 1. The molecular weight excluding hydrogens is 644 g/mol. The van der Waals surface area contributed by atoms with Crippen LogP contribution in [0.15, 0.2) is 82.4 Å². The lowest BCUT2D eigenvalue weighted by Gasteiger charge is -2.27. The van der Waals surface area contributed by atoms with Gasteiger partial charge in [0.25, 0.3) is 0 Å². The molecule has 2 aromatic heterocycles. The second-order valence-corrected chi connectivity index (χ2v) is 12.4.